The number of hydrogen-bond acceptors (Lipinski definition) is 4. The average Bonchev–Trinajstić information content (AvgIpc) is 2.16. The summed E-state index contributed by atoms with van der Waals surface area (Å²) in [6.07, 6.45) is 0.240. The van der Waals surface area contributed by atoms with Crippen molar-refractivity contribution < 1.29 is 14.7 Å². The summed E-state index contributed by atoms with van der Waals surface area (Å²) in [6, 6.07) is -0.400. The molecule has 0 spiro atoms. The standard InChI is InChI=1S/C9H20N4O3/c1-2-4-12-13(9(15)16)5-3-7(10)6-8(11)14/h7,12H,2-6,10H2,1H3,(H2,11,14)(H,15,16). The van der Waals surface area contributed by atoms with Gasteiger partial charge in [0.25, 0.3) is 0 Å². The van der Waals surface area contributed by atoms with Gasteiger partial charge in [0, 0.05) is 25.6 Å². The van der Waals surface area contributed by atoms with E-state index in [1.807, 2.05) is 6.92 Å². The van der Waals surface area contributed by atoms with Crippen molar-refractivity contribution in [2.45, 2.75) is 32.2 Å². The lowest BCUT2D eigenvalue weighted by Gasteiger charge is -2.21. The molecule has 0 aromatic rings. The van der Waals surface area contributed by atoms with Crippen molar-refractivity contribution in [1.82, 2.24) is 10.4 Å². The molecule has 6 N–H and O–H groups in total. The molecule has 7 heteroatoms. The molecule has 0 heterocycles. The number of amides is 2. The van der Waals surface area contributed by atoms with Gasteiger partial charge in [0.1, 0.15) is 0 Å². The second-order valence-electron chi connectivity index (χ2n) is 3.56. The molecule has 1 unspecified atom stereocenters. The first-order chi connectivity index (χ1) is 7.47. The zero-order valence-corrected chi connectivity index (χ0v) is 9.48. The molecule has 0 saturated carbocycles. The number of rotatable bonds is 8. The third-order valence-electron chi connectivity index (χ3n) is 1.97. The van der Waals surface area contributed by atoms with Crippen molar-refractivity contribution in [3.05, 3.63) is 0 Å². The van der Waals surface area contributed by atoms with Crippen LogP contribution in [0.25, 0.3) is 0 Å². The summed E-state index contributed by atoms with van der Waals surface area (Å²) in [5, 5.41) is 9.90. The number of hydrogen-bond donors (Lipinski definition) is 4. The fraction of sp³-hybridized carbons (Fsp3) is 0.778. The highest BCUT2D eigenvalue weighted by molar-refractivity contribution is 5.74. The van der Waals surface area contributed by atoms with Crippen LogP contribution in [0.4, 0.5) is 4.79 Å². The lowest BCUT2D eigenvalue weighted by Crippen LogP contribution is -2.44. The van der Waals surface area contributed by atoms with E-state index in [1.54, 1.807) is 0 Å². The van der Waals surface area contributed by atoms with Crippen molar-refractivity contribution in [1.29, 1.82) is 0 Å². The van der Waals surface area contributed by atoms with Gasteiger partial charge in [-0.2, -0.15) is 0 Å². The Morgan fingerprint density at radius 3 is 2.56 bits per heavy atom. The fourth-order valence-electron chi connectivity index (χ4n) is 1.14. The number of nitrogens with one attached hydrogen (secondary N) is 1. The molecule has 0 saturated heterocycles. The van der Waals surface area contributed by atoms with Gasteiger partial charge in [-0.25, -0.2) is 15.2 Å². The largest absolute Gasteiger partial charge is 0.464 e. The van der Waals surface area contributed by atoms with E-state index in [1.165, 1.54) is 0 Å². The van der Waals surface area contributed by atoms with Crippen LogP contribution < -0.4 is 16.9 Å². The Bertz CT molecular complexity index is 235. The van der Waals surface area contributed by atoms with Gasteiger partial charge >= 0.3 is 6.09 Å². The molecular formula is C9H20N4O3. The first kappa shape index (κ1) is 14.7. The minimum Gasteiger partial charge on any atom is -0.464 e. The summed E-state index contributed by atoms with van der Waals surface area (Å²) in [5.41, 5.74) is 13.3. The van der Waals surface area contributed by atoms with Gasteiger partial charge in [0.2, 0.25) is 5.91 Å². The third kappa shape index (κ3) is 7.02. The molecule has 0 rings (SSSR count). The van der Waals surface area contributed by atoms with Gasteiger partial charge in [-0.1, -0.05) is 6.92 Å². The maximum Gasteiger partial charge on any atom is 0.421 e. The van der Waals surface area contributed by atoms with E-state index in [0.717, 1.165) is 11.4 Å². The summed E-state index contributed by atoms with van der Waals surface area (Å²) < 4.78 is 0. The van der Waals surface area contributed by atoms with E-state index in [0.29, 0.717) is 13.0 Å². The minimum absolute atomic E-state index is 0.0707. The Hall–Kier alpha value is -1.34. The molecule has 16 heavy (non-hydrogen) atoms. The van der Waals surface area contributed by atoms with Gasteiger partial charge in [-0.3, -0.25) is 4.79 Å². The highest BCUT2D eigenvalue weighted by atomic mass is 16.4. The van der Waals surface area contributed by atoms with E-state index in [2.05, 4.69) is 5.43 Å². The predicted molar refractivity (Wildman–Crippen MR) is 59.4 cm³/mol. The number of primary amides is 1. The summed E-state index contributed by atoms with van der Waals surface area (Å²) in [4.78, 5) is 21.3. The van der Waals surface area contributed by atoms with Crippen LogP contribution in [0.3, 0.4) is 0 Å². The average molecular weight is 232 g/mol. The molecule has 0 bridgehead atoms. The second kappa shape index (κ2) is 7.89. The molecule has 7 nitrogen and oxygen atoms in total. The van der Waals surface area contributed by atoms with Crippen molar-refractivity contribution in [2.75, 3.05) is 13.1 Å². The lowest BCUT2D eigenvalue weighted by molar-refractivity contribution is -0.118. The minimum atomic E-state index is -1.06. The Kier molecular flexibility index (Phi) is 7.23. The molecule has 0 aliphatic heterocycles. The predicted octanol–water partition coefficient (Wildman–Crippen LogP) is -0.526. The Morgan fingerprint density at radius 2 is 2.12 bits per heavy atom. The molecule has 0 aromatic carbocycles. The van der Waals surface area contributed by atoms with Crippen molar-refractivity contribution in [3.8, 4) is 0 Å². The smallest absolute Gasteiger partial charge is 0.421 e. The highest BCUT2D eigenvalue weighted by Gasteiger charge is 2.13. The number of nitrogens with zero attached hydrogens (tertiary/aromatic N) is 1. The fourth-order valence-corrected chi connectivity index (χ4v) is 1.14. The first-order valence-corrected chi connectivity index (χ1v) is 5.25. The third-order valence-corrected chi connectivity index (χ3v) is 1.97. The number of carbonyl (C=O) groups is 2. The van der Waals surface area contributed by atoms with E-state index in [-0.39, 0.29) is 13.0 Å². The van der Waals surface area contributed by atoms with Gasteiger partial charge in [-0.15, -0.1) is 0 Å². The van der Waals surface area contributed by atoms with E-state index in [9.17, 15) is 9.59 Å². The van der Waals surface area contributed by atoms with Crippen LogP contribution in [-0.4, -0.2) is 41.2 Å². The highest BCUT2D eigenvalue weighted by Crippen LogP contribution is 1.97. The molecule has 0 aliphatic carbocycles. The van der Waals surface area contributed by atoms with Crippen LogP contribution >= 0.6 is 0 Å². The summed E-state index contributed by atoms with van der Waals surface area (Å²) >= 11 is 0. The van der Waals surface area contributed by atoms with Crippen molar-refractivity contribution in [3.63, 3.8) is 0 Å². The van der Waals surface area contributed by atoms with Gasteiger partial charge in [0.15, 0.2) is 0 Å². The zero-order chi connectivity index (χ0) is 12.6. The normalized spacial score (nSPS) is 12.1. The SMILES string of the molecule is CCCNN(CCC(N)CC(N)=O)C(=O)O. The van der Waals surface area contributed by atoms with Crippen LogP contribution in [0.2, 0.25) is 0 Å². The maximum absolute atomic E-state index is 10.8. The molecule has 0 aliphatic rings. The Balaban J connectivity index is 3.91. The van der Waals surface area contributed by atoms with Crippen LogP contribution in [0.15, 0.2) is 0 Å². The summed E-state index contributed by atoms with van der Waals surface area (Å²) in [6.45, 7) is 2.76. The summed E-state index contributed by atoms with van der Waals surface area (Å²) in [7, 11) is 0. The molecule has 94 valence electrons. The number of hydrazine groups is 1. The zero-order valence-electron chi connectivity index (χ0n) is 9.48. The van der Waals surface area contributed by atoms with Crippen LogP contribution in [0.1, 0.15) is 26.2 Å². The van der Waals surface area contributed by atoms with E-state index in [4.69, 9.17) is 16.6 Å². The summed E-state index contributed by atoms with van der Waals surface area (Å²) in [5.74, 6) is -0.476. The molecule has 2 amide bonds. The van der Waals surface area contributed by atoms with Crippen molar-refractivity contribution >= 4 is 12.0 Å². The lowest BCUT2D eigenvalue weighted by atomic mass is 10.1. The van der Waals surface area contributed by atoms with E-state index >= 15 is 0 Å². The van der Waals surface area contributed by atoms with Gasteiger partial charge < -0.3 is 16.6 Å². The van der Waals surface area contributed by atoms with Crippen molar-refractivity contribution in [2.24, 2.45) is 11.5 Å². The maximum atomic E-state index is 10.8. The Morgan fingerprint density at radius 1 is 1.50 bits per heavy atom. The quantitative estimate of drug-likeness (QED) is 0.419. The monoisotopic (exact) mass is 232 g/mol. The second-order valence-corrected chi connectivity index (χ2v) is 3.56. The molecule has 1 atom stereocenters. The molecule has 0 aromatic heterocycles. The molecular weight excluding hydrogens is 212 g/mol. The van der Waals surface area contributed by atoms with Crippen LogP contribution in [0.5, 0.6) is 0 Å². The first-order valence-electron chi connectivity index (χ1n) is 5.25. The van der Waals surface area contributed by atoms with E-state index < -0.39 is 18.0 Å². The van der Waals surface area contributed by atoms with Crippen LogP contribution in [0, 0.1) is 0 Å². The topological polar surface area (TPSA) is 122 Å². The molecule has 0 fully saturated rings. The van der Waals surface area contributed by atoms with Crippen LogP contribution in [-0.2, 0) is 4.79 Å². The number of carbonyl (C=O) groups excluding carboxylic acids is 1. The van der Waals surface area contributed by atoms with Gasteiger partial charge in [0.05, 0.1) is 0 Å². The number of nitrogens with two attached hydrogens (primary N) is 2. The van der Waals surface area contributed by atoms with Gasteiger partial charge in [-0.05, 0) is 12.8 Å². The number of carboxylic acid groups (broad SMARTS) is 1. The Labute approximate surface area is 94.7 Å². The molecule has 0 radical (unpaired) electrons.